The molecule has 0 aromatic rings. The molecule has 0 bridgehead atoms. The van der Waals surface area contributed by atoms with Gasteiger partial charge in [0.2, 0.25) is 5.60 Å². The number of carbonyl (C=O) groups excluding carboxylic acids is 1. The average Bonchev–Trinajstić information content (AvgIpc) is 2.84. The normalized spacial score (nSPS) is 33.6. The van der Waals surface area contributed by atoms with Gasteiger partial charge >= 0.3 is 5.97 Å². The molecule has 1 aliphatic carbocycles. The molecule has 4 heteroatoms. The van der Waals surface area contributed by atoms with Crippen molar-refractivity contribution >= 4 is 11.7 Å². The minimum absolute atomic E-state index is 0.0679. The fourth-order valence-corrected chi connectivity index (χ4v) is 3.50. The van der Waals surface area contributed by atoms with Crippen LogP contribution in [0.25, 0.3) is 0 Å². The first-order chi connectivity index (χ1) is 8.87. The van der Waals surface area contributed by atoms with Crippen molar-refractivity contribution in [2.75, 3.05) is 6.61 Å². The second-order valence-corrected chi connectivity index (χ2v) is 6.57. The number of esters is 1. The molecule has 3 unspecified atom stereocenters. The van der Waals surface area contributed by atoms with Gasteiger partial charge in [0.1, 0.15) is 0 Å². The summed E-state index contributed by atoms with van der Waals surface area (Å²) < 4.78 is 5.29. The van der Waals surface area contributed by atoms with E-state index in [1.165, 1.54) is 0 Å². The van der Waals surface area contributed by atoms with E-state index in [0.717, 1.165) is 25.0 Å². The molecule has 1 heterocycles. The topological polar surface area (TPSA) is 47.9 Å². The van der Waals surface area contributed by atoms with E-state index in [4.69, 9.17) is 9.57 Å². The Hall–Kier alpha value is -1.06. The third-order valence-electron chi connectivity index (χ3n) is 4.41. The van der Waals surface area contributed by atoms with Gasteiger partial charge in [-0.25, -0.2) is 4.79 Å². The van der Waals surface area contributed by atoms with Gasteiger partial charge in [-0.1, -0.05) is 32.9 Å². The first-order valence-electron chi connectivity index (χ1n) is 7.31. The van der Waals surface area contributed by atoms with Crippen LogP contribution in [0.15, 0.2) is 5.16 Å². The van der Waals surface area contributed by atoms with Crippen molar-refractivity contribution in [2.45, 2.75) is 59.5 Å². The molecule has 108 valence electrons. The van der Waals surface area contributed by atoms with Crippen LogP contribution < -0.4 is 0 Å². The molecule has 0 saturated heterocycles. The Balaban J connectivity index is 2.35. The van der Waals surface area contributed by atoms with Crippen LogP contribution in [0.5, 0.6) is 0 Å². The molecule has 3 atom stereocenters. The van der Waals surface area contributed by atoms with Crippen LogP contribution >= 0.6 is 0 Å². The van der Waals surface area contributed by atoms with Crippen LogP contribution in [-0.4, -0.2) is 23.9 Å². The maximum atomic E-state index is 12.5. The van der Waals surface area contributed by atoms with Crippen LogP contribution in [0, 0.1) is 17.3 Å². The van der Waals surface area contributed by atoms with Gasteiger partial charge in [0.05, 0.1) is 18.2 Å². The first kappa shape index (κ1) is 14.4. The maximum Gasteiger partial charge on any atom is 0.354 e. The van der Waals surface area contributed by atoms with Crippen LogP contribution in [0.3, 0.4) is 0 Å². The van der Waals surface area contributed by atoms with Crippen molar-refractivity contribution < 1.29 is 14.4 Å². The monoisotopic (exact) mass is 267 g/mol. The second-order valence-electron chi connectivity index (χ2n) is 6.57. The Kier molecular flexibility index (Phi) is 3.63. The molecule has 0 radical (unpaired) electrons. The lowest BCUT2D eigenvalue weighted by molar-refractivity contribution is -0.177. The van der Waals surface area contributed by atoms with Gasteiger partial charge in [-0.2, -0.15) is 0 Å². The highest BCUT2D eigenvalue weighted by Gasteiger charge is 2.64. The summed E-state index contributed by atoms with van der Waals surface area (Å²) in [5.74, 6) is 0.0593. The molecule has 1 aliphatic heterocycles. The summed E-state index contributed by atoms with van der Waals surface area (Å²) in [4.78, 5) is 18.2. The first-order valence-corrected chi connectivity index (χ1v) is 7.31. The molecule has 0 spiro atoms. The minimum atomic E-state index is -0.854. The average molecular weight is 267 g/mol. The summed E-state index contributed by atoms with van der Waals surface area (Å²) >= 11 is 0. The number of oxime groups is 1. The van der Waals surface area contributed by atoms with Crippen LogP contribution in [0.4, 0.5) is 0 Å². The Morgan fingerprint density at radius 1 is 1.42 bits per heavy atom. The zero-order valence-electron chi connectivity index (χ0n) is 12.7. The number of ether oxygens (including phenoxy) is 1. The zero-order valence-corrected chi connectivity index (χ0v) is 12.7. The molecular weight excluding hydrogens is 242 g/mol. The number of hydrogen-bond donors (Lipinski definition) is 0. The predicted octanol–water partition coefficient (Wildman–Crippen LogP) is 3.16. The molecule has 2 rings (SSSR count). The third-order valence-corrected chi connectivity index (χ3v) is 4.41. The highest BCUT2D eigenvalue weighted by Crippen LogP contribution is 2.52. The molecule has 0 aromatic carbocycles. The Labute approximate surface area is 115 Å². The third kappa shape index (κ3) is 2.05. The van der Waals surface area contributed by atoms with Crippen molar-refractivity contribution in [3.63, 3.8) is 0 Å². The number of rotatable bonds is 3. The summed E-state index contributed by atoms with van der Waals surface area (Å²) in [7, 11) is 0. The van der Waals surface area contributed by atoms with E-state index >= 15 is 0 Å². The number of hydrogen-bond acceptors (Lipinski definition) is 4. The summed E-state index contributed by atoms with van der Waals surface area (Å²) in [5.41, 5.74) is 0.0889. The Morgan fingerprint density at radius 2 is 2.11 bits per heavy atom. The van der Waals surface area contributed by atoms with Crippen molar-refractivity contribution in [3.05, 3.63) is 0 Å². The summed E-state index contributed by atoms with van der Waals surface area (Å²) in [5, 5.41) is 4.28. The lowest BCUT2D eigenvalue weighted by Crippen LogP contribution is -2.50. The van der Waals surface area contributed by atoms with Gasteiger partial charge in [-0.15, -0.1) is 0 Å². The van der Waals surface area contributed by atoms with E-state index in [9.17, 15) is 4.79 Å². The molecule has 2 aliphatic rings. The van der Waals surface area contributed by atoms with Crippen LogP contribution in [0.1, 0.15) is 53.9 Å². The molecule has 0 amide bonds. The molecule has 1 saturated carbocycles. The smallest absolute Gasteiger partial charge is 0.354 e. The quantitative estimate of drug-likeness (QED) is 0.738. The number of carbonyl (C=O) groups is 1. The Bertz CT molecular complexity index is 397. The predicted molar refractivity (Wildman–Crippen MR) is 73.8 cm³/mol. The molecule has 19 heavy (non-hydrogen) atoms. The van der Waals surface area contributed by atoms with E-state index in [0.29, 0.717) is 6.61 Å². The second kappa shape index (κ2) is 4.80. The van der Waals surface area contributed by atoms with Gasteiger partial charge in [0, 0.05) is 11.3 Å². The summed E-state index contributed by atoms with van der Waals surface area (Å²) in [6.07, 6.45) is 2.89. The molecule has 1 fully saturated rings. The molecule has 0 aromatic heterocycles. The van der Waals surface area contributed by atoms with Crippen molar-refractivity contribution in [1.82, 2.24) is 0 Å². The van der Waals surface area contributed by atoms with Crippen molar-refractivity contribution in [3.8, 4) is 0 Å². The van der Waals surface area contributed by atoms with Gasteiger partial charge in [0.25, 0.3) is 0 Å². The lowest BCUT2D eigenvalue weighted by atomic mass is 9.74. The summed E-state index contributed by atoms with van der Waals surface area (Å²) in [6.45, 7) is 10.7. The van der Waals surface area contributed by atoms with Crippen molar-refractivity contribution in [2.24, 2.45) is 22.4 Å². The largest absolute Gasteiger partial charge is 0.463 e. The van der Waals surface area contributed by atoms with Crippen molar-refractivity contribution in [1.29, 1.82) is 0 Å². The van der Waals surface area contributed by atoms with Gasteiger partial charge in [-0.3, -0.25) is 0 Å². The summed E-state index contributed by atoms with van der Waals surface area (Å²) in [6, 6.07) is 0. The van der Waals surface area contributed by atoms with Gasteiger partial charge < -0.3 is 9.57 Å². The minimum Gasteiger partial charge on any atom is -0.463 e. The zero-order chi connectivity index (χ0) is 14.3. The standard InChI is InChI=1S/C15H25NO3/c1-6-10-8-9-11-12(14(3,4)5)16-19-15(10,11)13(17)18-7-2/h10-11H,6-9H2,1-5H3. The fraction of sp³-hybridized carbons (Fsp3) is 0.867. The highest BCUT2D eigenvalue weighted by atomic mass is 16.7. The van der Waals surface area contributed by atoms with E-state index in [1.54, 1.807) is 0 Å². The van der Waals surface area contributed by atoms with Crippen LogP contribution in [0.2, 0.25) is 0 Å². The van der Waals surface area contributed by atoms with Gasteiger partial charge in [-0.05, 0) is 26.2 Å². The lowest BCUT2D eigenvalue weighted by Gasteiger charge is -2.31. The number of nitrogens with zero attached hydrogens (tertiary/aromatic N) is 1. The SMILES string of the molecule is CCOC(=O)C12ON=C(C(C)(C)C)C1CCC2CC. The van der Waals surface area contributed by atoms with E-state index in [1.807, 2.05) is 6.92 Å². The fourth-order valence-electron chi connectivity index (χ4n) is 3.50. The van der Waals surface area contributed by atoms with Crippen LogP contribution in [-0.2, 0) is 14.4 Å². The van der Waals surface area contributed by atoms with E-state index < -0.39 is 5.60 Å². The molecular formula is C15H25NO3. The van der Waals surface area contributed by atoms with E-state index in [-0.39, 0.29) is 23.2 Å². The molecule has 0 N–H and O–H groups in total. The maximum absolute atomic E-state index is 12.5. The number of fused-ring (bicyclic) bond motifs is 1. The molecule has 4 nitrogen and oxygen atoms in total. The Morgan fingerprint density at radius 3 is 2.63 bits per heavy atom. The highest BCUT2D eigenvalue weighted by molar-refractivity contribution is 5.99. The van der Waals surface area contributed by atoms with Gasteiger partial charge in [0.15, 0.2) is 0 Å². The van der Waals surface area contributed by atoms with E-state index in [2.05, 4.69) is 32.9 Å².